The van der Waals surface area contributed by atoms with Crippen LogP contribution in [0.5, 0.6) is 5.75 Å². The lowest BCUT2D eigenvalue weighted by Gasteiger charge is -2.00. The number of carboxylic acids is 1. The average molecular weight is 284 g/mol. The Hall–Kier alpha value is -1.82. The third kappa shape index (κ3) is 1.79. The van der Waals surface area contributed by atoms with Crippen molar-refractivity contribution in [2.45, 2.75) is 0 Å². The zero-order chi connectivity index (χ0) is 11.7. The van der Waals surface area contributed by atoms with Gasteiger partial charge < -0.3 is 14.7 Å². The summed E-state index contributed by atoms with van der Waals surface area (Å²) in [6, 6.07) is 4.54. The number of phenols is 1. The van der Waals surface area contributed by atoms with E-state index >= 15 is 0 Å². The van der Waals surface area contributed by atoms with Gasteiger partial charge in [-0.15, -0.1) is 0 Å². The van der Waals surface area contributed by atoms with Gasteiger partial charge in [-0.1, -0.05) is 5.16 Å². The van der Waals surface area contributed by atoms with Crippen molar-refractivity contribution in [3.05, 3.63) is 34.4 Å². The Morgan fingerprint density at radius 1 is 1.44 bits per heavy atom. The molecule has 5 nitrogen and oxygen atoms in total. The molecule has 82 valence electrons. The smallest absolute Gasteiger partial charge is 0.341 e. The number of carboxylic acid groups (broad SMARTS) is 1. The van der Waals surface area contributed by atoms with Crippen LogP contribution in [0.1, 0.15) is 10.4 Å². The Labute approximate surface area is 98.4 Å². The molecule has 6 heteroatoms. The van der Waals surface area contributed by atoms with Gasteiger partial charge in [-0.3, -0.25) is 0 Å². The van der Waals surface area contributed by atoms with Gasteiger partial charge in [0.05, 0.1) is 10.7 Å². The number of aromatic hydroxyl groups is 1. The molecule has 0 aliphatic carbocycles. The molecule has 0 saturated heterocycles. The van der Waals surface area contributed by atoms with Gasteiger partial charge in [0.15, 0.2) is 5.76 Å². The van der Waals surface area contributed by atoms with Crippen molar-refractivity contribution in [3.8, 4) is 17.1 Å². The first-order valence-electron chi connectivity index (χ1n) is 4.26. The lowest BCUT2D eigenvalue weighted by atomic mass is 10.1. The topological polar surface area (TPSA) is 83.6 Å². The summed E-state index contributed by atoms with van der Waals surface area (Å²) in [4.78, 5) is 10.8. The molecule has 0 bridgehead atoms. The van der Waals surface area contributed by atoms with Crippen molar-refractivity contribution in [2.75, 3.05) is 0 Å². The molecule has 1 aromatic carbocycles. The number of carbonyl (C=O) groups is 1. The zero-order valence-corrected chi connectivity index (χ0v) is 9.43. The second-order valence-electron chi connectivity index (χ2n) is 3.04. The lowest BCUT2D eigenvalue weighted by molar-refractivity contribution is 0.0697. The third-order valence-corrected chi connectivity index (χ3v) is 2.65. The molecule has 2 aromatic rings. The fourth-order valence-corrected chi connectivity index (χ4v) is 1.63. The van der Waals surface area contributed by atoms with E-state index < -0.39 is 5.97 Å². The fourth-order valence-electron chi connectivity index (χ4n) is 1.25. The number of hydrogen-bond donors (Lipinski definition) is 2. The third-order valence-electron chi connectivity index (χ3n) is 2.01. The number of benzene rings is 1. The Balaban J connectivity index is 2.54. The van der Waals surface area contributed by atoms with Crippen LogP contribution in [0.15, 0.2) is 33.4 Å². The van der Waals surface area contributed by atoms with E-state index in [0.717, 1.165) is 6.20 Å². The number of rotatable bonds is 2. The maximum Gasteiger partial charge on any atom is 0.341 e. The molecule has 1 heterocycles. The van der Waals surface area contributed by atoms with Gasteiger partial charge in [0.1, 0.15) is 11.3 Å². The van der Waals surface area contributed by atoms with Crippen molar-refractivity contribution >= 4 is 21.9 Å². The van der Waals surface area contributed by atoms with Gasteiger partial charge in [0.25, 0.3) is 0 Å². The molecule has 0 saturated carbocycles. The standard InChI is InChI=1S/C10H6BrNO4/c11-7-3-5(1-2-8(7)13)9-6(10(14)15)4-12-16-9/h1-4,13H,(H,14,15). The van der Waals surface area contributed by atoms with Gasteiger partial charge in [0, 0.05) is 5.56 Å². The molecule has 0 unspecified atom stereocenters. The summed E-state index contributed by atoms with van der Waals surface area (Å²) in [6.07, 6.45) is 1.14. The van der Waals surface area contributed by atoms with Crippen molar-refractivity contribution in [2.24, 2.45) is 0 Å². The Kier molecular flexibility index (Phi) is 2.66. The maximum atomic E-state index is 10.8. The van der Waals surface area contributed by atoms with Crippen LogP contribution in [-0.4, -0.2) is 21.3 Å². The van der Waals surface area contributed by atoms with Crippen LogP contribution < -0.4 is 0 Å². The van der Waals surface area contributed by atoms with E-state index in [2.05, 4.69) is 21.1 Å². The normalized spacial score (nSPS) is 10.3. The minimum absolute atomic E-state index is 0.0161. The van der Waals surface area contributed by atoms with E-state index in [1.54, 1.807) is 12.1 Å². The van der Waals surface area contributed by atoms with Crippen LogP contribution in [0, 0.1) is 0 Å². The molecule has 0 amide bonds. The van der Waals surface area contributed by atoms with Gasteiger partial charge in [-0.25, -0.2) is 4.79 Å². The van der Waals surface area contributed by atoms with E-state index in [1.165, 1.54) is 6.07 Å². The van der Waals surface area contributed by atoms with Crippen LogP contribution in [-0.2, 0) is 0 Å². The highest BCUT2D eigenvalue weighted by atomic mass is 79.9. The minimum atomic E-state index is -1.11. The molecule has 0 fully saturated rings. The molecule has 1 aromatic heterocycles. The van der Waals surface area contributed by atoms with E-state index in [1.807, 2.05) is 0 Å². The van der Waals surface area contributed by atoms with Crippen LogP contribution in [0.3, 0.4) is 0 Å². The minimum Gasteiger partial charge on any atom is -0.507 e. The van der Waals surface area contributed by atoms with Crippen LogP contribution >= 0.6 is 15.9 Å². The summed E-state index contributed by atoms with van der Waals surface area (Å²) < 4.78 is 5.33. The highest BCUT2D eigenvalue weighted by Crippen LogP contribution is 2.31. The predicted molar refractivity (Wildman–Crippen MR) is 58.3 cm³/mol. The molecule has 16 heavy (non-hydrogen) atoms. The molecule has 0 spiro atoms. The molecule has 0 atom stereocenters. The molecule has 2 rings (SSSR count). The molecule has 0 radical (unpaired) electrons. The fraction of sp³-hybridized carbons (Fsp3) is 0. The van der Waals surface area contributed by atoms with Crippen molar-refractivity contribution < 1.29 is 19.5 Å². The number of phenolic OH excluding ortho intramolecular Hbond substituents is 1. The van der Waals surface area contributed by atoms with Crippen molar-refractivity contribution in [1.82, 2.24) is 5.16 Å². The van der Waals surface area contributed by atoms with E-state index in [0.29, 0.717) is 10.0 Å². The second-order valence-corrected chi connectivity index (χ2v) is 3.89. The van der Waals surface area contributed by atoms with Gasteiger partial charge in [0.2, 0.25) is 0 Å². The number of aromatic carboxylic acids is 1. The zero-order valence-electron chi connectivity index (χ0n) is 7.85. The highest BCUT2D eigenvalue weighted by Gasteiger charge is 2.17. The maximum absolute atomic E-state index is 10.8. The summed E-state index contributed by atoms with van der Waals surface area (Å²) in [5.74, 6) is -0.881. The molecular weight excluding hydrogens is 278 g/mol. The monoisotopic (exact) mass is 283 g/mol. The number of hydrogen-bond acceptors (Lipinski definition) is 4. The van der Waals surface area contributed by atoms with Crippen molar-refractivity contribution in [3.63, 3.8) is 0 Å². The largest absolute Gasteiger partial charge is 0.507 e. The second kappa shape index (κ2) is 3.97. The average Bonchev–Trinajstić information content (AvgIpc) is 2.71. The first-order valence-corrected chi connectivity index (χ1v) is 5.05. The quantitative estimate of drug-likeness (QED) is 0.885. The van der Waals surface area contributed by atoms with E-state index in [4.69, 9.17) is 9.63 Å². The van der Waals surface area contributed by atoms with Crippen LogP contribution in [0.4, 0.5) is 0 Å². The summed E-state index contributed by atoms with van der Waals surface area (Å²) in [7, 11) is 0. The van der Waals surface area contributed by atoms with Gasteiger partial charge in [-0.05, 0) is 34.1 Å². The lowest BCUT2D eigenvalue weighted by Crippen LogP contribution is -1.95. The Bertz CT molecular complexity index is 550. The highest BCUT2D eigenvalue weighted by molar-refractivity contribution is 9.10. The first-order chi connectivity index (χ1) is 7.59. The number of nitrogens with zero attached hydrogens (tertiary/aromatic N) is 1. The molecule has 2 N–H and O–H groups in total. The summed E-state index contributed by atoms with van der Waals surface area (Å²) in [6.45, 7) is 0. The van der Waals surface area contributed by atoms with Crippen molar-refractivity contribution in [1.29, 1.82) is 0 Å². The van der Waals surface area contributed by atoms with E-state index in [9.17, 15) is 9.90 Å². The van der Waals surface area contributed by atoms with Gasteiger partial charge in [-0.2, -0.15) is 0 Å². The molecule has 0 aliphatic heterocycles. The summed E-state index contributed by atoms with van der Waals surface area (Å²) in [5, 5.41) is 21.6. The SMILES string of the molecule is O=C(O)c1cnoc1-c1ccc(O)c(Br)c1. The van der Waals surface area contributed by atoms with Gasteiger partial charge >= 0.3 is 5.97 Å². The predicted octanol–water partition coefficient (Wildman–Crippen LogP) is 2.51. The Morgan fingerprint density at radius 2 is 2.19 bits per heavy atom. The first kappa shape index (κ1) is 10.7. The Morgan fingerprint density at radius 3 is 2.81 bits per heavy atom. The number of halogens is 1. The molecular formula is C10H6BrNO4. The van der Waals surface area contributed by atoms with Crippen LogP contribution in [0.2, 0.25) is 0 Å². The summed E-state index contributed by atoms with van der Waals surface area (Å²) in [5.41, 5.74) is 0.511. The molecule has 0 aliphatic rings. The summed E-state index contributed by atoms with van der Waals surface area (Å²) >= 11 is 3.13. The van der Waals surface area contributed by atoms with Crippen LogP contribution in [0.25, 0.3) is 11.3 Å². The van der Waals surface area contributed by atoms with E-state index in [-0.39, 0.29) is 17.1 Å². The number of aromatic nitrogens is 1.